The molecule has 0 aliphatic carbocycles. The molecule has 1 unspecified atom stereocenters. The maximum atomic E-state index is 11.6. The Bertz CT molecular complexity index is 370. The predicted octanol–water partition coefficient (Wildman–Crippen LogP) is 2.42. The second kappa shape index (κ2) is 6.48. The minimum Gasteiger partial charge on any atom is -0.475 e. The van der Waals surface area contributed by atoms with E-state index < -0.39 is 16.8 Å². The van der Waals surface area contributed by atoms with Gasteiger partial charge >= 0.3 is 5.97 Å². The minimum absolute atomic E-state index is 0.0967. The summed E-state index contributed by atoms with van der Waals surface area (Å²) in [6.45, 7) is 2.09. The van der Waals surface area contributed by atoms with Crippen LogP contribution in [-0.2, 0) is 16.6 Å². The van der Waals surface area contributed by atoms with Gasteiger partial charge in [0.1, 0.15) is 5.76 Å². The standard InChI is InChI=1S/C11H16O4S/c1-2-3-4-7-16(14)8-9-5-6-10(15-9)11(12)13/h5-6H,2-4,7-8H2,1H3,(H,12,13). The molecule has 0 radical (unpaired) electrons. The highest BCUT2D eigenvalue weighted by molar-refractivity contribution is 7.84. The van der Waals surface area contributed by atoms with E-state index in [9.17, 15) is 9.00 Å². The molecule has 0 aromatic carbocycles. The van der Waals surface area contributed by atoms with Crippen LogP contribution < -0.4 is 0 Å². The smallest absolute Gasteiger partial charge is 0.371 e. The van der Waals surface area contributed by atoms with E-state index in [4.69, 9.17) is 9.52 Å². The molecular weight excluding hydrogens is 228 g/mol. The third-order valence-corrected chi connectivity index (χ3v) is 3.50. The molecule has 1 N–H and O–H groups in total. The Kier molecular flexibility index (Phi) is 5.25. The lowest BCUT2D eigenvalue weighted by molar-refractivity contribution is 0.0661. The van der Waals surface area contributed by atoms with Gasteiger partial charge in [0.2, 0.25) is 5.76 Å². The van der Waals surface area contributed by atoms with Gasteiger partial charge in [-0.25, -0.2) is 4.79 Å². The highest BCUT2D eigenvalue weighted by Crippen LogP contribution is 2.11. The maximum absolute atomic E-state index is 11.6. The van der Waals surface area contributed by atoms with Crippen molar-refractivity contribution in [3.05, 3.63) is 23.7 Å². The van der Waals surface area contributed by atoms with E-state index in [1.165, 1.54) is 6.07 Å². The Morgan fingerprint density at radius 1 is 1.44 bits per heavy atom. The average molecular weight is 244 g/mol. The van der Waals surface area contributed by atoms with Crippen molar-refractivity contribution in [2.45, 2.75) is 31.9 Å². The first-order chi connectivity index (χ1) is 7.63. The summed E-state index contributed by atoms with van der Waals surface area (Å²) in [5.74, 6) is 0.240. The summed E-state index contributed by atoms with van der Waals surface area (Å²) in [7, 11) is -0.959. The average Bonchev–Trinajstić information content (AvgIpc) is 2.66. The Labute approximate surface area is 97.1 Å². The van der Waals surface area contributed by atoms with Gasteiger partial charge in [-0.1, -0.05) is 19.8 Å². The number of unbranched alkanes of at least 4 members (excludes halogenated alkanes) is 2. The molecule has 90 valence electrons. The van der Waals surface area contributed by atoms with Gasteiger partial charge in [-0.15, -0.1) is 0 Å². The quantitative estimate of drug-likeness (QED) is 0.748. The third kappa shape index (κ3) is 4.18. The lowest BCUT2D eigenvalue weighted by atomic mass is 10.3. The van der Waals surface area contributed by atoms with Crippen molar-refractivity contribution in [2.24, 2.45) is 0 Å². The fourth-order valence-corrected chi connectivity index (χ4v) is 2.46. The number of furan rings is 1. The van der Waals surface area contributed by atoms with Crippen LogP contribution in [0, 0.1) is 0 Å². The zero-order valence-electron chi connectivity index (χ0n) is 9.27. The summed E-state index contributed by atoms with van der Waals surface area (Å²) in [5, 5.41) is 8.64. The molecule has 0 spiro atoms. The number of carboxylic acid groups (broad SMARTS) is 1. The fraction of sp³-hybridized carbons (Fsp3) is 0.545. The van der Waals surface area contributed by atoms with Crippen LogP contribution in [0.4, 0.5) is 0 Å². The molecule has 0 aliphatic heterocycles. The lowest BCUT2D eigenvalue weighted by Crippen LogP contribution is -2.00. The SMILES string of the molecule is CCCCCS(=O)Cc1ccc(C(=O)O)o1. The largest absolute Gasteiger partial charge is 0.475 e. The Hall–Kier alpha value is -1.10. The van der Waals surface area contributed by atoms with Gasteiger partial charge in [-0.2, -0.15) is 0 Å². The van der Waals surface area contributed by atoms with E-state index >= 15 is 0 Å². The van der Waals surface area contributed by atoms with Crippen LogP contribution in [0.1, 0.15) is 42.5 Å². The van der Waals surface area contributed by atoms with Gasteiger partial charge in [0, 0.05) is 16.6 Å². The summed E-state index contributed by atoms with van der Waals surface area (Å²) < 4.78 is 16.6. The highest BCUT2D eigenvalue weighted by Gasteiger charge is 2.10. The molecule has 1 aromatic heterocycles. The molecule has 0 amide bonds. The summed E-state index contributed by atoms with van der Waals surface area (Å²) in [5.41, 5.74) is 0. The van der Waals surface area contributed by atoms with E-state index in [0.29, 0.717) is 17.3 Å². The molecule has 4 nitrogen and oxygen atoms in total. The Morgan fingerprint density at radius 3 is 2.75 bits per heavy atom. The summed E-state index contributed by atoms with van der Waals surface area (Å²) in [6, 6.07) is 2.96. The fourth-order valence-electron chi connectivity index (χ4n) is 1.31. The number of hydrogen-bond acceptors (Lipinski definition) is 3. The molecular formula is C11H16O4S. The minimum atomic E-state index is -1.09. The molecule has 16 heavy (non-hydrogen) atoms. The number of rotatable bonds is 7. The van der Waals surface area contributed by atoms with Gasteiger partial charge in [0.25, 0.3) is 0 Å². The first-order valence-corrected chi connectivity index (χ1v) is 6.79. The van der Waals surface area contributed by atoms with E-state index in [1.54, 1.807) is 6.07 Å². The molecule has 1 heterocycles. The van der Waals surface area contributed by atoms with Gasteiger partial charge in [-0.3, -0.25) is 4.21 Å². The van der Waals surface area contributed by atoms with E-state index in [0.717, 1.165) is 19.3 Å². The monoisotopic (exact) mass is 244 g/mol. The molecule has 0 aliphatic rings. The number of aromatic carboxylic acids is 1. The number of carboxylic acids is 1. The second-order valence-corrected chi connectivity index (χ2v) is 5.14. The summed E-state index contributed by atoms with van der Waals surface area (Å²) >= 11 is 0. The van der Waals surface area contributed by atoms with Crippen LogP contribution in [0.5, 0.6) is 0 Å². The topological polar surface area (TPSA) is 67.5 Å². The molecule has 0 fully saturated rings. The summed E-state index contributed by atoms with van der Waals surface area (Å²) in [6.07, 6.45) is 3.11. The van der Waals surface area contributed by atoms with Crippen molar-refractivity contribution in [1.29, 1.82) is 0 Å². The van der Waals surface area contributed by atoms with Crippen molar-refractivity contribution in [1.82, 2.24) is 0 Å². The van der Waals surface area contributed by atoms with Crippen LogP contribution in [-0.4, -0.2) is 21.0 Å². The first kappa shape index (κ1) is 13.0. The van der Waals surface area contributed by atoms with Crippen LogP contribution in [0.15, 0.2) is 16.5 Å². The van der Waals surface area contributed by atoms with Crippen molar-refractivity contribution < 1.29 is 18.5 Å². The Morgan fingerprint density at radius 2 is 2.19 bits per heavy atom. The molecule has 0 saturated carbocycles. The van der Waals surface area contributed by atoms with E-state index in [1.807, 2.05) is 0 Å². The van der Waals surface area contributed by atoms with E-state index in [2.05, 4.69) is 6.92 Å². The van der Waals surface area contributed by atoms with Gasteiger partial charge in [0.05, 0.1) is 5.75 Å². The van der Waals surface area contributed by atoms with Crippen molar-refractivity contribution in [3.63, 3.8) is 0 Å². The maximum Gasteiger partial charge on any atom is 0.371 e. The highest BCUT2D eigenvalue weighted by atomic mass is 32.2. The molecule has 0 saturated heterocycles. The summed E-state index contributed by atoms with van der Waals surface area (Å²) in [4.78, 5) is 10.5. The normalized spacial score (nSPS) is 12.6. The molecule has 0 bridgehead atoms. The van der Waals surface area contributed by atoms with Crippen LogP contribution in [0.3, 0.4) is 0 Å². The van der Waals surface area contributed by atoms with Crippen molar-refractivity contribution in [3.8, 4) is 0 Å². The van der Waals surface area contributed by atoms with Crippen molar-refractivity contribution in [2.75, 3.05) is 5.75 Å². The predicted molar refractivity (Wildman–Crippen MR) is 61.9 cm³/mol. The second-order valence-electron chi connectivity index (χ2n) is 3.57. The van der Waals surface area contributed by atoms with Gasteiger partial charge < -0.3 is 9.52 Å². The van der Waals surface area contributed by atoms with Gasteiger partial charge in [-0.05, 0) is 18.6 Å². The zero-order chi connectivity index (χ0) is 12.0. The van der Waals surface area contributed by atoms with Gasteiger partial charge in [0.15, 0.2) is 0 Å². The zero-order valence-corrected chi connectivity index (χ0v) is 10.1. The Balaban J connectivity index is 2.40. The van der Waals surface area contributed by atoms with Crippen LogP contribution in [0.2, 0.25) is 0 Å². The third-order valence-electron chi connectivity index (χ3n) is 2.15. The molecule has 1 rings (SSSR count). The molecule has 5 heteroatoms. The number of hydrogen-bond donors (Lipinski definition) is 1. The van der Waals surface area contributed by atoms with Crippen molar-refractivity contribution >= 4 is 16.8 Å². The van der Waals surface area contributed by atoms with E-state index in [-0.39, 0.29) is 5.76 Å². The first-order valence-electron chi connectivity index (χ1n) is 5.30. The van der Waals surface area contributed by atoms with Crippen LogP contribution >= 0.6 is 0 Å². The van der Waals surface area contributed by atoms with Crippen LogP contribution in [0.25, 0.3) is 0 Å². The lowest BCUT2D eigenvalue weighted by Gasteiger charge is -1.98. The molecule has 1 atom stereocenters. The number of carbonyl (C=O) groups is 1. The molecule has 1 aromatic rings.